The minimum atomic E-state index is -0.529. The molecule has 1 rings (SSSR count). The standard InChI is InChI=1S/C9H13N3O3S/c1-4-9(2,3)7(13)11-8-10-5-6(16-8)12(14)15/h5H,4H2,1-3H3,(H,10,11,13). The van der Waals surface area contributed by atoms with Gasteiger partial charge in [-0.25, -0.2) is 4.98 Å². The molecule has 0 aliphatic carbocycles. The van der Waals surface area contributed by atoms with Crippen LogP contribution in [0.25, 0.3) is 0 Å². The average molecular weight is 243 g/mol. The van der Waals surface area contributed by atoms with Gasteiger partial charge >= 0.3 is 5.00 Å². The number of carbonyl (C=O) groups is 1. The van der Waals surface area contributed by atoms with Crippen molar-refractivity contribution < 1.29 is 9.72 Å². The van der Waals surface area contributed by atoms with Crippen molar-refractivity contribution in [1.82, 2.24) is 4.98 Å². The van der Waals surface area contributed by atoms with Gasteiger partial charge in [0.15, 0.2) is 5.13 Å². The molecule has 1 aromatic heterocycles. The number of carbonyl (C=O) groups excluding carboxylic acids is 1. The zero-order valence-electron chi connectivity index (χ0n) is 9.31. The van der Waals surface area contributed by atoms with Gasteiger partial charge in [0, 0.05) is 5.41 Å². The van der Waals surface area contributed by atoms with E-state index in [4.69, 9.17) is 0 Å². The summed E-state index contributed by atoms with van der Waals surface area (Å²) in [5.41, 5.74) is -0.500. The molecule has 0 fully saturated rings. The van der Waals surface area contributed by atoms with Gasteiger partial charge in [-0.15, -0.1) is 0 Å². The third-order valence-corrected chi connectivity index (χ3v) is 3.26. The highest BCUT2D eigenvalue weighted by molar-refractivity contribution is 7.18. The minimum absolute atomic E-state index is 0.0791. The number of nitro groups is 1. The van der Waals surface area contributed by atoms with Crippen LogP contribution < -0.4 is 5.32 Å². The predicted molar refractivity (Wildman–Crippen MR) is 61.5 cm³/mol. The summed E-state index contributed by atoms with van der Waals surface area (Å²) in [7, 11) is 0. The van der Waals surface area contributed by atoms with Gasteiger partial charge in [0.25, 0.3) is 0 Å². The van der Waals surface area contributed by atoms with E-state index in [9.17, 15) is 14.9 Å². The highest BCUT2D eigenvalue weighted by atomic mass is 32.1. The lowest BCUT2D eigenvalue weighted by Crippen LogP contribution is -2.29. The highest BCUT2D eigenvalue weighted by Gasteiger charge is 2.26. The van der Waals surface area contributed by atoms with Crippen molar-refractivity contribution in [3.05, 3.63) is 16.3 Å². The predicted octanol–water partition coefficient (Wildman–Crippen LogP) is 2.43. The summed E-state index contributed by atoms with van der Waals surface area (Å²) >= 11 is 0.854. The SMILES string of the molecule is CCC(C)(C)C(=O)Nc1ncc([N+](=O)[O-])s1. The average Bonchev–Trinajstić information content (AvgIpc) is 2.66. The molecule has 1 amide bonds. The second kappa shape index (κ2) is 4.56. The van der Waals surface area contributed by atoms with Gasteiger partial charge < -0.3 is 5.32 Å². The maximum atomic E-state index is 11.7. The Kier molecular flexibility index (Phi) is 3.58. The molecule has 1 N–H and O–H groups in total. The second-order valence-electron chi connectivity index (χ2n) is 3.95. The first-order chi connectivity index (χ1) is 7.36. The van der Waals surface area contributed by atoms with Crippen LogP contribution in [0.1, 0.15) is 27.2 Å². The monoisotopic (exact) mass is 243 g/mol. The molecule has 88 valence electrons. The van der Waals surface area contributed by atoms with Crippen molar-refractivity contribution in [2.45, 2.75) is 27.2 Å². The van der Waals surface area contributed by atoms with E-state index >= 15 is 0 Å². The lowest BCUT2D eigenvalue weighted by molar-refractivity contribution is -0.380. The number of amides is 1. The fraction of sp³-hybridized carbons (Fsp3) is 0.556. The Morgan fingerprint density at radius 2 is 2.31 bits per heavy atom. The number of nitrogens with one attached hydrogen (secondary N) is 1. The van der Waals surface area contributed by atoms with Crippen LogP contribution in [-0.4, -0.2) is 15.8 Å². The molecule has 1 aromatic rings. The summed E-state index contributed by atoms with van der Waals surface area (Å²) < 4.78 is 0. The minimum Gasteiger partial charge on any atom is -0.301 e. The molecule has 7 heteroatoms. The Morgan fingerprint density at radius 1 is 1.69 bits per heavy atom. The normalized spacial score (nSPS) is 11.2. The van der Waals surface area contributed by atoms with E-state index in [2.05, 4.69) is 10.3 Å². The Hall–Kier alpha value is -1.50. The van der Waals surface area contributed by atoms with Gasteiger partial charge in [0.1, 0.15) is 6.20 Å². The first-order valence-corrected chi connectivity index (χ1v) is 5.60. The van der Waals surface area contributed by atoms with Crippen molar-refractivity contribution in [1.29, 1.82) is 0 Å². The molecule has 0 atom stereocenters. The molecule has 0 bridgehead atoms. The van der Waals surface area contributed by atoms with Gasteiger partial charge in [-0.3, -0.25) is 14.9 Å². The van der Waals surface area contributed by atoms with Crippen LogP contribution in [0.3, 0.4) is 0 Å². The Balaban J connectivity index is 2.74. The summed E-state index contributed by atoms with van der Waals surface area (Å²) in [5, 5.41) is 13.2. The van der Waals surface area contributed by atoms with Crippen LogP contribution in [0.2, 0.25) is 0 Å². The van der Waals surface area contributed by atoms with E-state index in [-0.39, 0.29) is 16.0 Å². The summed E-state index contributed by atoms with van der Waals surface area (Å²) in [5.74, 6) is -0.181. The molecule has 6 nitrogen and oxygen atoms in total. The van der Waals surface area contributed by atoms with Crippen molar-refractivity contribution in [2.75, 3.05) is 5.32 Å². The van der Waals surface area contributed by atoms with Crippen LogP contribution in [0.5, 0.6) is 0 Å². The van der Waals surface area contributed by atoms with Crippen LogP contribution in [-0.2, 0) is 4.79 Å². The topological polar surface area (TPSA) is 85.1 Å². The number of hydrogen-bond acceptors (Lipinski definition) is 5. The molecule has 0 saturated carbocycles. The molecule has 0 aliphatic heterocycles. The highest BCUT2D eigenvalue weighted by Crippen LogP contribution is 2.27. The Morgan fingerprint density at radius 3 is 2.75 bits per heavy atom. The number of nitrogens with zero attached hydrogens (tertiary/aromatic N) is 2. The Bertz CT molecular complexity index is 414. The van der Waals surface area contributed by atoms with Crippen LogP contribution in [0, 0.1) is 15.5 Å². The third kappa shape index (κ3) is 2.75. The summed E-state index contributed by atoms with van der Waals surface area (Å²) in [6, 6.07) is 0. The lowest BCUT2D eigenvalue weighted by atomic mass is 9.89. The van der Waals surface area contributed by atoms with Crippen molar-refractivity contribution >= 4 is 27.4 Å². The maximum Gasteiger partial charge on any atom is 0.345 e. The van der Waals surface area contributed by atoms with E-state index in [0.717, 1.165) is 17.5 Å². The molecule has 0 unspecified atom stereocenters. The Labute approximate surface area is 96.8 Å². The van der Waals surface area contributed by atoms with E-state index in [1.807, 2.05) is 20.8 Å². The van der Waals surface area contributed by atoms with Gasteiger partial charge in [0.05, 0.1) is 4.92 Å². The zero-order chi connectivity index (χ0) is 12.3. The maximum absolute atomic E-state index is 11.7. The van der Waals surface area contributed by atoms with Crippen molar-refractivity contribution in [2.24, 2.45) is 5.41 Å². The lowest BCUT2D eigenvalue weighted by Gasteiger charge is -2.20. The van der Waals surface area contributed by atoms with Gasteiger partial charge in [-0.2, -0.15) is 0 Å². The van der Waals surface area contributed by atoms with Crippen molar-refractivity contribution in [3.8, 4) is 0 Å². The molecule has 0 aromatic carbocycles. The summed E-state index contributed by atoms with van der Waals surface area (Å²) in [4.78, 5) is 25.4. The quantitative estimate of drug-likeness (QED) is 0.650. The summed E-state index contributed by atoms with van der Waals surface area (Å²) in [6.07, 6.45) is 1.82. The summed E-state index contributed by atoms with van der Waals surface area (Å²) in [6.45, 7) is 5.53. The van der Waals surface area contributed by atoms with Crippen LogP contribution in [0.4, 0.5) is 10.1 Å². The molecule has 1 heterocycles. The largest absolute Gasteiger partial charge is 0.345 e. The number of aromatic nitrogens is 1. The molecule has 16 heavy (non-hydrogen) atoms. The van der Waals surface area contributed by atoms with Crippen molar-refractivity contribution in [3.63, 3.8) is 0 Å². The molecule has 0 aliphatic rings. The fourth-order valence-corrected chi connectivity index (χ4v) is 1.46. The van der Waals surface area contributed by atoms with E-state index < -0.39 is 10.3 Å². The van der Waals surface area contributed by atoms with Gasteiger partial charge in [-0.05, 0) is 17.8 Å². The first-order valence-electron chi connectivity index (χ1n) is 4.78. The first kappa shape index (κ1) is 12.6. The molecular weight excluding hydrogens is 230 g/mol. The molecule has 0 spiro atoms. The number of rotatable bonds is 4. The number of anilines is 1. The number of thiazole rings is 1. The van der Waals surface area contributed by atoms with Gasteiger partial charge in [0.2, 0.25) is 5.91 Å². The van der Waals surface area contributed by atoms with E-state index in [1.54, 1.807) is 0 Å². The fourth-order valence-electron chi connectivity index (χ4n) is 0.835. The molecule has 0 saturated heterocycles. The van der Waals surface area contributed by atoms with Crippen LogP contribution >= 0.6 is 11.3 Å². The van der Waals surface area contributed by atoms with Gasteiger partial charge in [-0.1, -0.05) is 20.8 Å². The third-order valence-electron chi connectivity index (χ3n) is 2.39. The van der Waals surface area contributed by atoms with Crippen LogP contribution in [0.15, 0.2) is 6.20 Å². The zero-order valence-corrected chi connectivity index (χ0v) is 10.1. The van der Waals surface area contributed by atoms with E-state index in [0.29, 0.717) is 6.42 Å². The molecule has 0 radical (unpaired) electrons. The smallest absolute Gasteiger partial charge is 0.301 e. The molecular formula is C9H13N3O3S. The number of hydrogen-bond donors (Lipinski definition) is 1. The van der Waals surface area contributed by atoms with E-state index in [1.165, 1.54) is 0 Å². The second-order valence-corrected chi connectivity index (χ2v) is 4.96.